The fourth-order valence-electron chi connectivity index (χ4n) is 2.08. The molecule has 0 spiro atoms. The van der Waals surface area contributed by atoms with Crippen LogP contribution in [0.1, 0.15) is 15.9 Å². The summed E-state index contributed by atoms with van der Waals surface area (Å²) in [5.74, 6) is -1.12. The largest absolute Gasteiger partial charge is 0.417 e. The van der Waals surface area contributed by atoms with Crippen LogP contribution in [0.4, 0.5) is 22.7 Å². The molecule has 1 N–H and O–H groups in total. The predicted octanol–water partition coefficient (Wildman–Crippen LogP) is 4.62. The smallest absolute Gasteiger partial charge is 0.297 e. The molecular formula is C16H9F4N3OS. The molecule has 25 heavy (non-hydrogen) atoms. The van der Waals surface area contributed by atoms with Crippen LogP contribution in [-0.2, 0) is 6.18 Å². The summed E-state index contributed by atoms with van der Waals surface area (Å²) in [7, 11) is 0. The minimum Gasteiger partial charge on any atom is -0.297 e. The summed E-state index contributed by atoms with van der Waals surface area (Å²) in [6.07, 6.45) is -4.64. The predicted molar refractivity (Wildman–Crippen MR) is 84.7 cm³/mol. The molecule has 128 valence electrons. The molecule has 1 heterocycles. The fourth-order valence-corrected chi connectivity index (χ4v) is 2.67. The van der Waals surface area contributed by atoms with Gasteiger partial charge in [0, 0.05) is 17.1 Å². The van der Waals surface area contributed by atoms with Crippen LogP contribution in [0.3, 0.4) is 0 Å². The van der Waals surface area contributed by atoms with Gasteiger partial charge in [0.15, 0.2) is 5.82 Å². The number of hydrogen-bond donors (Lipinski definition) is 1. The zero-order chi connectivity index (χ0) is 18.0. The quantitative estimate of drug-likeness (QED) is 0.688. The van der Waals surface area contributed by atoms with Crippen LogP contribution in [0.2, 0.25) is 0 Å². The van der Waals surface area contributed by atoms with Crippen molar-refractivity contribution < 1.29 is 22.4 Å². The summed E-state index contributed by atoms with van der Waals surface area (Å²) in [6.45, 7) is 0. The second-order valence-corrected chi connectivity index (χ2v) is 5.68. The fraction of sp³-hybridized carbons (Fsp3) is 0.0625. The Labute approximate surface area is 143 Å². The van der Waals surface area contributed by atoms with E-state index in [1.54, 1.807) is 0 Å². The highest BCUT2D eigenvalue weighted by Crippen LogP contribution is 2.32. The third-order valence-electron chi connectivity index (χ3n) is 3.23. The first kappa shape index (κ1) is 17.0. The Hall–Kier alpha value is -2.81. The first-order chi connectivity index (χ1) is 11.8. The highest BCUT2D eigenvalue weighted by Gasteiger charge is 2.35. The number of alkyl halides is 3. The van der Waals surface area contributed by atoms with Crippen molar-refractivity contribution in [2.45, 2.75) is 6.18 Å². The number of aromatic nitrogens is 2. The molecular weight excluding hydrogens is 358 g/mol. The van der Waals surface area contributed by atoms with E-state index >= 15 is 0 Å². The van der Waals surface area contributed by atoms with Crippen LogP contribution >= 0.6 is 11.5 Å². The molecule has 0 radical (unpaired) electrons. The summed E-state index contributed by atoms with van der Waals surface area (Å²) in [6, 6.07) is 9.84. The first-order valence-corrected chi connectivity index (χ1v) is 7.69. The minimum atomic E-state index is -4.64. The van der Waals surface area contributed by atoms with E-state index in [-0.39, 0.29) is 11.0 Å². The lowest BCUT2D eigenvalue weighted by molar-refractivity contribution is -0.137. The summed E-state index contributed by atoms with van der Waals surface area (Å²) >= 11 is 0.817. The summed E-state index contributed by atoms with van der Waals surface area (Å²) in [5, 5.41) is 2.35. The Balaban J connectivity index is 1.82. The van der Waals surface area contributed by atoms with Crippen molar-refractivity contribution >= 4 is 22.6 Å². The molecule has 0 unspecified atom stereocenters. The maximum atomic E-state index is 13.0. The highest BCUT2D eigenvalue weighted by atomic mass is 32.1. The van der Waals surface area contributed by atoms with Gasteiger partial charge in [-0.05, 0) is 36.4 Å². The average molecular weight is 367 g/mol. The van der Waals surface area contributed by atoms with Crippen LogP contribution in [0.25, 0.3) is 11.4 Å². The first-order valence-electron chi connectivity index (χ1n) is 6.92. The lowest BCUT2D eigenvalue weighted by atomic mass is 10.1. The van der Waals surface area contributed by atoms with E-state index in [1.807, 2.05) is 0 Å². The average Bonchev–Trinajstić information content (AvgIpc) is 3.03. The van der Waals surface area contributed by atoms with Gasteiger partial charge in [-0.15, -0.1) is 0 Å². The highest BCUT2D eigenvalue weighted by molar-refractivity contribution is 7.10. The standard InChI is InChI=1S/C16H9F4N3OS/c17-10-7-5-9(6-8-10)13-21-15(25-23-13)22-14(24)11-3-1-2-4-12(11)16(18,19)20/h1-8H,(H,21,22,23,24). The molecule has 4 nitrogen and oxygen atoms in total. The van der Waals surface area contributed by atoms with Crippen molar-refractivity contribution in [3.63, 3.8) is 0 Å². The third kappa shape index (κ3) is 3.82. The number of halogens is 4. The van der Waals surface area contributed by atoms with Gasteiger partial charge in [-0.1, -0.05) is 12.1 Å². The van der Waals surface area contributed by atoms with Gasteiger partial charge in [0.1, 0.15) is 5.82 Å². The maximum absolute atomic E-state index is 13.0. The van der Waals surface area contributed by atoms with E-state index in [0.29, 0.717) is 5.56 Å². The number of nitrogens with zero attached hydrogens (tertiary/aromatic N) is 2. The molecule has 0 atom stereocenters. The SMILES string of the molecule is O=C(Nc1nc(-c2ccc(F)cc2)ns1)c1ccccc1C(F)(F)F. The monoisotopic (exact) mass is 367 g/mol. The Morgan fingerprint density at radius 2 is 1.72 bits per heavy atom. The van der Waals surface area contributed by atoms with Crippen LogP contribution < -0.4 is 5.32 Å². The third-order valence-corrected chi connectivity index (χ3v) is 3.86. The molecule has 0 aliphatic rings. The van der Waals surface area contributed by atoms with Crippen molar-refractivity contribution in [1.29, 1.82) is 0 Å². The van der Waals surface area contributed by atoms with Crippen LogP contribution in [-0.4, -0.2) is 15.3 Å². The number of carbonyl (C=O) groups is 1. The molecule has 3 rings (SSSR count). The molecule has 0 saturated carbocycles. The molecule has 0 saturated heterocycles. The normalized spacial score (nSPS) is 11.4. The van der Waals surface area contributed by atoms with Crippen molar-refractivity contribution in [2.75, 3.05) is 5.32 Å². The van der Waals surface area contributed by atoms with E-state index < -0.39 is 29.0 Å². The molecule has 1 amide bonds. The second-order valence-electron chi connectivity index (χ2n) is 4.93. The molecule has 0 bridgehead atoms. The van der Waals surface area contributed by atoms with Crippen molar-refractivity contribution in [2.24, 2.45) is 0 Å². The maximum Gasteiger partial charge on any atom is 0.417 e. The molecule has 0 fully saturated rings. The van der Waals surface area contributed by atoms with Crippen molar-refractivity contribution in [3.8, 4) is 11.4 Å². The van der Waals surface area contributed by atoms with Crippen molar-refractivity contribution in [1.82, 2.24) is 9.36 Å². The molecule has 0 aliphatic carbocycles. The molecule has 1 aromatic heterocycles. The van der Waals surface area contributed by atoms with Crippen LogP contribution in [0.5, 0.6) is 0 Å². The van der Waals surface area contributed by atoms with Gasteiger partial charge in [0.25, 0.3) is 5.91 Å². The Bertz CT molecular complexity index is 906. The number of nitrogens with one attached hydrogen (secondary N) is 1. The topological polar surface area (TPSA) is 54.9 Å². The summed E-state index contributed by atoms with van der Waals surface area (Å²) < 4.78 is 55.8. The Morgan fingerprint density at radius 3 is 2.40 bits per heavy atom. The molecule has 3 aromatic rings. The number of hydrogen-bond acceptors (Lipinski definition) is 4. The van der Waals surface area contributed by atoms with Gasteiger partial charge in [-0.2, -0.15) is 22.5 Å². The number of amides is 1. The van der Waals surface area contributed by atoms with E-state index in [0.717, 1.165) is 23.7 Å². The summed E-state index contributed by atoms with van der Waals surface area (Å²) in [4.78, 5) is 16.2. The van der Waals surface area contributed by atoms with Gasteiger partial charge in [-0.25, -0.2) is 4.39 Å². The zero-order valence-corrected chi connectivity index (χ0v) is 13.2. The number of anilines is 1. The second kappa shape index (κ2) is 6.60. The van der Waals surface area contributed by atoms with Crippen LogP contribution in [0, 0.1) is 5.82 Å². The van der Waals surface area contributed by atoms with E-state index in [2.05, 4.69) is 14.7 Å². The van der Waals surface area contributed by atoms with Gasteiger partial charge in [0.05, 0.1) is 11.1 Å². The van der Waals surface area contributed by atoms with Crippen molar-refractivity contribution in [3.05, 3.63) is 65.5 Å². The zero-order valence-electron chi connectivity index (χ0n) is 12.3. The number of carbonyl (C=O) groups excluding carboxylic acids is 1. The van der Waals surface area contributed by atoms with E-state index in [4.69, 9.17) is 0 Å². The van der Waals surface area contributed by atoms with Crippen LogP contribution in [0.15, 0.2) is 48.5 Å². The molecule has 0 aliphatic heterocycles. The van der Waals surface area contributed by atoms with E-state index in [1.165, 1.54) is 36.4 Å². The number of benzene rings is 2. The lowest BCUT2D eigenvalue weighted by Gasteiger charge is -2.11. The Morgan fingerprint density at radius 1 is 1.04 bits per heavy atom. The minimum absolute atomic E-state index is 0.0429. The number of rotatable bonds is 3. The van der Waals surface area contributed by atoms with Gasteiger partial charge < -0.3 is 0 Å². The van der Waals surface area contributed by atoms with E-state index in [9.17, 15) is 22.4 Å². The summed E-state index contributed by atoms with van der Waals surface area (Å²) in [5.41, 5.74) is -1.02. The van der Waals surface area contributed by atoms with Gasteiger partial charge >= 0.3 is 6.18 Å². The van der Waals surface area contributed by atoms with Gasteiger partial charge in [-0.3, -0.25) is 10.1 Å². The van der Waals surface area contributed by atoms with Gasteiger partial charge in [0.2, 0.25) is 5.13 Å². The molecule has 2 aromatic carbocycles. The Kier molecular flexibility index (Phi) is 4.49. The lowest BCUT2D eigenvalue weighted by Crippen LogP contribution is -2.18. The molecule has 9 heteroatoms.